The molecule has 0 fully saturated rings. The highest BCUT2D eigenvalue weighted by Crippen LogP contribution is 2.29. The molecule has 144 valence electrons. The highest BCUT2D eigenvalue weighted by atomic mass is 16.1. The van der Waals surface area contributed by atoms with Gasteiger partial charge in [0.2, 0.25) is 0 Å². The van der Waals surface area contributed by atoms with E-state index in [2.05, 4.69) is 16.7 Å². The Labute approximate surface area is 165 Å². The maximum atomic E-state index is 12.4. The molecule has 0 radical (unpaired) electrons. The van der Waals surface area contributed by atoms with Crippen molar-refractivity contribution in [2.24, 2.45) is 0 Å². The number of nitrogens with zero attached hydrogens (tertiary/aromatic N) is 5. The summed E-state index contributed by atoms with van der Waals surface area (Å²) in [5.74, 6) is 0. The van der Waals surface area contributed by atoms with Crippen molar-refractivity contribution < 1.29 is 0 Å². The van der Waals surface area contributed by atoms with Gasteiger partial charge in [0.1, 0.15) is 11.4 Å². The standard InChI is InChI=1S/C22H25N5O/c1-6-15-27-22(28)23-20(16-7-11-18(12-8-16)25(2)3)21(24-27)17-9-13-19(14-10-17)26(4)5/h6-14H,1,15H2,2-5H3. The molecule has 0 amide bonds. The monoisotopic (exact) mass is 375 g/mol. The number of benzene rings is 2. The number of anilines is 2. The summed E-state index contributed by atoms with van der Waals surface area (Å²) >= 11 is 0. The molecule has 1 aromatic heterocycles. The van der Waals surface area contributed by atoms with Crippen LogP contribution in [0.2, 0.25) is 0 Å². The molecule has 0 saturated heterocycles. The third kappa shape index (κ3) is 3.96. The van der Waals surface area contributed by atoms with Gasteiger partial charge in [-0.1, -0.05) is 30.3 Å². The maximum Gasteiger partial charge on any atom is 0.364 e. The minimum atomic E-state index is -0.389. The maximum absolute atomic E-state index is 12.4. The number of aromatic nitrogens is 3. The molecular weight excluding hydrogens is 350 g/mol. The first-order valence-electron chi connectivity index (χ1n) is 9.06. The van der Waals surface area contributed by atoms with Gasteiger partial charge in [-0.2, -0.15) is 10.1 Å². The Hall–Kier alpha value is -3.41. The zero-order valence-electron chi connectivity index (χ0n) is 16.8. The summed E-state index contributed by atoms with van der Waals surface area (Å²) in [5.41, 5.74) is 4.79. The normalized spacial score (nSPS) is 10.6. The highest BCUT2D eigenvalue weighted by molar-refractivity contribution is 5.78. The van der Waals surface area contributed by atoms with Crippen molar-refractivity contribution >= 4 is 11.4 Å². The topological polar surface area (TPSA) is 54.3 Å². The van der Waals surface area contributed by atoms with E-state index in [1.54, 1.807) is 6.08 Å². The Kier molecular flexibility index (Phi) is 5.59. The van der Waals surface area contributed by atoms with Crippen LogP contribution >= 0.6 is 0 Å². The Bertz CT molecular complexity index is 1020. The smallest absolute Gasteiger partial charge is 0.364 e. The SMILES string of the molecule is C=CCn1nc(-c2ccc(N(C)C)cc2)c(-c2ccc(N(C)C)cc2)nc1=O. The van der Waals surface area contributed by atoms with Crippen LogP contribution in [0.5, 0.6) is 0 Å². The van der Waals surface area contributed by atoms with Crippen molar-refractivity contribution in [1.29, 1.82) is 0 Å². The molecule has 2 aromatic carbocycles. The number of rotatable bonds is 6. The molecule has 1 heterocycles. The fourth-order valence-electron chi connectivity index (χ4n) is 2.89. The zero-order valence-corrected chi connectivity index (χ0v) is 16.8. The van der Waals surface area contributed by atoms with E-state index < -0.39 is 0 Å². The molecule has 0 aliphatic carbocycles. The van der Waals surface area contributed by atoms with Crippen LogP contribution in [-0.4, -0.2) is 43.0 Å². The van der Waals surface area contributed by atoms with Crippen LogP contribution in [0.4, 0.5) is 11.4 Å². The number of hydrogen-bond donors (Lipinski definition) is 0. The molecule has 3 rings (SSSR count). The van der Waals surface area contributed by atoms with Crippen LogP contribution in [0, 0.1) is 0 Å². The molecule has 28 heavy (non-hydrogen) atoms. The summed E-state index contributed by atoms with van der Waals surface area (Å²) in [7, 11) is 7.97. The fraction of sp³-hybridized carbons (Fsp3) is 0.227. The average molecular weight is 375 g/mol. The molecule has 0 unspecified atom stereocenters. The van der Waals surface area contributed by atoms with Gasteiger partial charge in [0.05, 0.1) is 6.54 Å². The van der Waals surface area contributed by atoms with Crippen LogP contribution in [0.15, 0.2) is 66.0 Å². The zero-order chi connectivity index (χ0) is 20.3. The van der Waals surface area contributed by atoms with Gasteiger partial charge in [0.25, 0.3) is 0 Å². The predicted molar refractivity (Wildman–Crippen MR) is 116 cm³/mol. The second-order valence-electron chi connectivity index (χ2n) is 6.94. The molecule has 0 bridgehead atoms. The van der Waals surface area contributed by atoms with E-state index in [4.69, 9.17) is 0 Å². The van der Waals surface area contributed by atoms with Gasteiger partial charge in [0, 0.05) is 50.7 Å². The highest BCUT2D eigenvalue weighted by Gasteiger charge is 2.15. The van der Waals surface area contributed by atoms with Crippen molar-refractivity contribution in [1.82, 2.24) is 14.8 Å². The minimum absolute atomic E-state index is 0.314. The van der Waals surface area contributed by atoms with Gasteiger partial charge in [-0.15, -0.1) is 6.58 Å². The second-order valence-corrected chi connectivity index (χ2v) is 6.94. The van der Waals surface area contributed by atoms with Crippen molar-refractivity contribution in [2.75, 3.05) is 38.0 Å². The Morgan fingerprint density at radius 2 is 1.32 bits per heavy atom. The molecular formula is C22H25N5O. The lowest BCUT2D eigenvalue weighted by Crippen LogP contribution is -2.26. The molecule has 0 aliphatic heterocycles. The quantitative estimate of drug-likeness (QED) is 0.619. The molecule has 0 N–H and O–H groups in total. The van der Waals surface area contributed by atoms with Crippen LogP contribution in [0.1, 0.15) is 0 Å². The number of allylic oxidation sites excluding steroid dienone is 1. The summed E-state index contributed by atoms with van der Waals surface area (Å²) in [6.07, 6.45) is 1.64. The molecule has 3 aromatic rings. The van der Waals surface area contributed by atoms with Crippen LogP contribution < -0.4 is 15.5 Å². The molecule has 0 atom stereocenters. The Balaban J connectivity index is 2.16. The summed E-state index contributed by atoms with van der Waals surface area (Å²) in [4.78, 5) is 20.8. The van der Waals surface area contributed by atoms with Crippen LogP contribution in [-0.2, 0) is 6.54 Å². The Morgan fingerprint density at radius 3 is 1.75 bits per heavy atom. The lowest BCUT2D eigenvalue weighted by Gasteiger charge is -2.15. The first-order valence-corrected chi connectivity index (χ1v) is 9.06. The van der Waals surface area contributed by atoms with Gasteiger partial charge < -0.3 is 9.80 Å². The predicted octanol–water partition coefficient (Wildman–Crippen LogP) is 3.29. The van der Waals surface area contributed by atoms with E-state index in [1.165, 1.54) is 4.68 Å². The van der Waals surface area contributed by atoms with E-state index in [0.29, 0.717) is 17.9 Å². The van der Waals surface area contributed by atoms with Crippen LogP contribution in [0.3, 0.4) is 0 Å². The van der Waals surface area contributed by atoms with Gasteiger partial charge in [-0.05, 0) is 24.3 Å². The van der Waals surface area contributed by atoms with Gasteiger partial charge >= 0.3 is 5.69 Å². The second kappa shape index (κ2) is 8.08. The van der Waals surface area contributed by atoms with Gasteiger partial charge in [-0.3, -0.25) is 0 Å². The van der Waals surface area contributed by atoms with E-state index >= 15 is 0 Å². The fourth-order valence-corrected chi connectivity index (χ4v) is 2.89. The molecule has 0 aliphatic rings. The number of hydrogen-bond acceptors (Lipinski definition) is 5. The summed E-state index contributed by atoms with van der Waals surface area (Å²) in [5, 5.41) is 4.59. The molecule has 6 heteroatoms. The van der Waals surface area contributed by atoms with Gasteiger partial charge in [-0.25, -0.2) is 9.48 Å². The summed E-state index contributed by atoms with van der Waals surface area (Å²) < 4.78 is 1.33. The van der Waals surface area contributed by atoms with Crippen molar-refractivity contribution in [3.8, 4) is 22.5 Å². The Morgan fingerprint density at radius 1 is 0.857 bits per heavy atom. The first-order chi connectivity index (χ1) is 13.4. The molecule has 0 spiro atoms. The van der Waals surface area contributed by atoms with Crippen molar-refractivity contribution in [2.45, 2.75) is 6.54 Å². The third-order valence-corrected chi connectivity index (χ3v) is 4.49. The van der Waals surface area contributed by atoms with Gasteiger partial charge in [0.15, 0.2) is 0 Å². The van der Waals surface area contributed by atoms with E-state index in [0.717, 1.165) is 22.5 Å². The lowest BCUT2D eigenvalue weighted by atomic mass is 10.0. The van der Waals surface area contributed by atoms with E-state index in [-0.39, 0.29) is 5.69 Å². The lowest BCUT2D eigenvalue weighted by molar-refractivity contribution is 0.631. The first kappa shape index (κ1) is 19.4. The largest absolute Gasteiger partial charge is 0.378 e. The van der Waals surface area contributed by atoms with E-state index in [9.17, 15) is 4.79 Å². The summed E-state index contributed by atoms with van der Waals surface area (Å²) in [6.45, 7) is 4.01. The minimum Gasteiger partial charge on any atom is -0.378 e. The molecule has 6 nitrogen and oxygen atoms in total. The third-order valence-electron chi connectivity index (χ3n) is 4.49. The van der Waals surface area contributed by atoms with Crippen molar-refractivity contribution in [3.63, 3.8) is 0 Å². The van der Waals surface area contributed by atoms with E-state index in [1.807, 2.05) is 86.5 Å². The van der Waals surface area contributed by atoms with Crippen molar-refractivity contribution in [3.05, 3.63) is 71.7 Å². The summed E-state index contributed by atoms with van der Waals surface area (Å²) in [6, 6.07) is 16.0. The van der Waals surface area contributed by atoms with Crippen LogP contribution in [0.25, 0.3) is 22.5 Å². The average Bonchev–Trinajstić information content (AvgIpc) is 2.69. The molecule has 0 saturated carbocycles.